The van der Waals surface area contributed by atoms with Gasteiger partial charge in [-0.3, -0.25) is 0 Å². The number of nitrogens with two attached hydrogens (primary N) is 1. The van der Waals surface area contributed by atoms with Gasteiger partial charge in [-0.05, 0) is 30.0 Å². The summed E-state index contributed by atoms with van der Waals surface area (Å²) >= 11 is 0. The van der Waals surface area contributed by atoms with Crippen LogP contribution in [0.1, 0.15) is 25.3 Å². The molecule has 70 valence electrons. The number of rotatable bonds is 2. The van der Waals surface area contributed by atoms with E-state index in [4.69, 9.17) is 10.8 Å². The summed E-state index contributed by atoms with van der Waals surface area (Å²) in [5.41, 5.74) is 7.23. The molecular weight excluding hydrogens is 162 g/mol. The Hall–Kier alpha value is -1.02. The molecule has 2 nitrogen and oxygen atoms in total. The van der Waals surface area contributed by atoms with Crippen molar-refractivity contribution in [3.63, 3.8) is 0 Å². The smallest absolute Gasteiger partial charge is 0.115 e. The Morgan fingerprint density at radius 3 is 2.54 bits per heavy atom. The predicted molar refractivity (Wildman–Crippen MR) is 52.4 cm³/mol. The molecule has 0 radical (unpaired) electrons. The van der Waals surface area contributed by atoms with Crippen LogP contribution in [0.25, 0.3) is 0 Å². The number of phenols is 1. The van der Waals surface area contributed by atoms with Crippen LogP contribution in [0.5, 0.6) is 5.75 Å². The Kier molecular flexibility index (Phi) is 1.81. The van der Waals surface area contributed by atoms with Gasteiger partial charge in [-0.15, -0.1) is 0 Å². The van der Waals surface area contributed by atoms with Gasteiger partial charge in [0.1, 0.15) is 5.75 Å². The van der Waals surface area contributed by atoms with Gasteiger partial charge in [0.15, 0.2) is 0 Å². The highest BCUT2D eigenvalue weighted by Gasteiger charge is 2.50. The van der Waals surface area contributed by atoms with E-state index in [1.165, 1.54) is 0 Å². The van der Waals surface area contributed by atoms with Crippen molar-refractivity contribution in [3.8, 4) is 5.75 Å². The third kappa shape index (κ3) is 1.31. The highest BCUT2D eigenvalue weighted by atomic mass is 16.3. The fourth-order valence-electron chi connectivity index (χ4n) is 1.98. The minimum absolute atomic E-state index is 0.109. The van der Waals surface area contributed by atoms with Gasteiger partial charge < -0.3 is 10.8 Å². The van der Waals surface area contributed by atoms with Crippen molar-refractivity contribution in [2.45, 2.75) is 25.3 Å². The quantitative estimate of drug-likeness (QED) is 0.725. The van der Waals surface area contributed by atoms with Crippen molar-refractivity contribution in [1.82, 2.24) is 0 Å². The Labute approximate surface area is 78.4 Å². The summed E-state index contributed by atoms with van der Waals surface area (Å²) in [5.74, 6) is 0.929. The van der Waals surface area contributed by atoms with Crippen LogP contribution in [0.2, 0.25) is 0 Å². The van der Waals surface area contributed by atoms with Gasteiger partial charge in [-0.25, -0.2) is 0 Å². The van der Waals surface area contributed by atoms with E-state index in [0.29, 0.717) is 11.7 Å². The van der Waals surface area contributed by atoms with Crippen molar-refractivity contribution in [3.05, 3.63) is 29.8 Å². The molecule has 0 spiro atoms. The Balaban J connectivity index is 2.23. The van der Waals surface area contributed by atoms with E-state index in [-0.39, 0.29) is 5.54 Å². The molecule has 2 atom stereocenters. The average Bonchev–Trinajstić information content (AvgIpc) is 2.80. The van der Waals surface area contributed by atoms with Gasteiger partial charge in [0.2, 0.25) is 0 Å². The zero-order chi connectivity index (χ0) is 9.47. The first kappa shape index (κ1) is 8.57. The van der Waals surface area contributed by atoms with Gasteiger partial charge in [-0.2, -0.15) is 0 Å². The molecule has 2 heteroatoms. The lowest BCUT2D eigenvalue weighted by Crippen LogP contribution is -2.21. The van der Waals surface area contributed by atoms with E-state index in [2.05, 4.69) is 6.92 Å². The topological polar surface area (TPSA) is 46.2 Å². The lowest BCUT2D eigenvalue weighted by molar-refractivity contribution is 0.474. The van der Waals surface area contributed by atoms with Crippen molar-refractivity contribution in [2.24, 2.45) is 11.7 Å². The zero-order valence-corrected chi connectivity index (χ0v) is 7.83. The number of hydrogen-bond donors (Lipinski definition) is 2. The molecule has 1 aliphatic carbocycles. The molecule has 0 aromatic heterocycles. The highest BCUT2D eigenvalue weighted by molar-refractivity contribution is 5.35. The molecule has 0 aliphatic heterocycles. The molecule has 13 heavy (non-hydrogen) atoms. The first-order valence-electron chi connectivity index (χ1n) is 4.75. The van der Waals surface area contributed by atoms with Crippen LogP contribution in [0.3, 0.4) is 0 Å². The molecule has 1 saturated carbocycles. The first-order valence-corrected chi connectivity index (χ1v) is 4.75. The van der Waals surface area contributed by atoms with E-state index in [0.717, 1.165) is 18.4 Å². The standard InChI is InChI=1S/C11H15NO/c1-2-8-7-11(8,12)9-3-5-10(13)6-4-9/h3-6,8,13H,2,7,12H2,1H3. The van der Waals surface area contributed by atoms with Crippen molar-refractivity contribution in [2.75, 3.05) is 0 Å². The van der Waals surface area contributed by atoms with Crippen molar-refractivity contribution >= 4 is 0 Å². The Morgan fingerprint density at radius 1 is 1.46 bits per heavy atom. The summed E-state index contributed by atoms with van der Waals surface area (Å²) in [5, 5.41) is 9.13. The van der Waals surface area contributed by atoms with E-state index >= 15 is 0 Å². The minimum Gasteiger partial charge on any atom is -0.508 e. The minimum atomic E-state index is -0.109. The summed E-state index contributed by atoms with van der Waals surface area (Å²) in [7, 11) is 0. The van der Waals surface area contributed by atoms with Gasteiger partial charge in [-0.1, -0.05) is 25.5 Å². The number of phenolic OH excluding ortho intramolecular Hbond substituents is 1. The van der Waals surface area contributed by atoms with Crippen LogP contribution < -0.4 is 5.73 Å². The number of aromatic hydroxyl groups is 1. The molecule has 1 aromatic rings. The van der Waals surface area contributed by atoms with Crippen molar-refractivity contribution in [1.29, 1.82) is 0 Å². The zero-order valence-electron chi connectivity index (χ0n) is 7.83. The fraction of sp³-hybridized carbons (Fsp3) is 0.455. The molecule has 1 aliphatic rings. The van der Waals surface area contributed by atoms with E-state index in [1.807, 2.05) is 12.1 Å². The largest absolute Gasteiger partial charge is 0.508 e. The maximum Gasteiger partial charge on any atom is 0.115 e. The summed E-state index contributed by atoms with van der Waals surface area (Å²) in [6, 6.07) is 7.25. The van der Waals surface area contributed by atoms with Gasteiger partial charge >= 0.3 is 0 Å². The second-order valence-corrected chi connectivity index (χ2v) is 3.90. The van der Waals surface area contributed by atoms with Gasteiger partial charge in [0, 0.05) is 5.54 Å². The van der Waals surface area contributed by atoms with Gasteiger partial charge in [0.25, 0.3) is 0 Å². The first-order chi connectivity index (χ1) is 6.16. The summed E-state index contributed by atoms with van der Waals surface area (Å²) in [4.78, 5) is 0. The average molecular weight is 177 g/mol. The van der Waals surface area contributed by atoms with Crippen LogP contribution in [0.15, 0.2) is 24.3 Å². The summed E-state index contributed by atoms with van der Waals surface area (Å²) in [6.07, 6.45) is 2.21. The normalized spacial score (nSPS) is 31.7. The molecule has 0 saturated heterocycles. The molecule has 0 amide bonds. The molecule has 1 aromatic carbocycles. The molecule has 0 heterocycles. The lowest BCUT2D eigenvalue weighted by Gasteiger charge is -2.11. The molecule has 2 rings (SSSR count). The SMILES string of the molecule is CCC1CC1(N)c1ccc(O)cc1. The van der Waals surface area contributed by atoms with Gasteiger partial charge in [0.05, 0.1) is 0 Å². The van der Waals surface area contributed by atoms with E-state index in [9.17, 15) is 0 Å². The highest BCUT2D eigenvalue weighted by Crippen LogP contribution is 2.51. The van der Waals surface area contributed by atoms with Crippen LogP contribution in [-0.2, 0) is 5.54 Å². The lowest BCUT2D eigenvalue weighted by atomic mass is 10.0. The molecule has 1 fully saturated rings. The monoisotopic (exact) mass is 177 g/mol. The fourth-order valence-corrected chi connectivity index (χ4v) is 1.98. The van der Waals surface area contributed by atoms with Crippen LogP contribution >= 0.6 is 0 Å². The van der Waals surface area contributed by atoms with Crippen LogP contribution in [-0.4, -0.2) is 5.11 Å². The number of hydrogen-bond acceptors (Lipinski definition) is 2. The van der Waals surface area contributed by atoms with Crippen LogP contribution in [0.4, 0.5) is 0 Å². The molecular formula is C11H15NO. The van der Waals surface area contributed by atoms with Crippen molar-refractivity contribution < 1.29 is 5.11 Å². The molecule has 2 unspecified atom stereocenters. The Bertz CT molecular complexity index is 306. The van der Waals surface area contributed by atoms with E-state index < -0.39 is 0 Å². The molecule has 3 N–H and O–H groups in total. The molecule has 0 bridgehead atoms. The maximum atomic E-state index is 9.13. The third-order valence-corrected chi connectivity index (χ3v) is 3.05. The Morgan fingerprint density at radius 2 is 2.08 bits per heavy atom. The number of benzene rings is 1. The summed E-state index contributed by atoms with van der Waals surface area (Å²) in [6.45, 7) is 2.17. The third-order valence-electron chi connectivity index (χ3n) is 3.05. The summed E-state index contributed by atoms with van der Waals surface area (Å²) < 4.78 is 0. The van der Waals surface area contributed by atoms with E-state index in [1.54, 1.807) is 12.1 Å². The second kappa shape index (κ2) is 2.74. The second-order valence-electron chi connectivity index (χ2n) is 3.90. The predicted octanol–water partition coefficient (Wildman–Crippen LogP) is 1.98. The van der Waals surface area contributed by atoms with Crippen LogP contribution in [0, 0.1) is 5.92 Å². The maximum absolute atomic E-state index is 9.13.